The highest BCUT2D eigenvalue weighted by Gasteiger charge is 2.27. The second-order valence-corrected chi connectivity index (χ2v) is 18.1. The zero-order valence-electron chi connectivity index (χ0n) is 37.8. The number of benzene rings is 12. The van der Waals surface area contributed by atoms with Crippen molar-refractivity contribution >= 4 is 132 Å². The minimum absolute atomic E-state index is 0.877. The van der Waals surface area contributed by atoms with Gasteiger partial charge in [-0.3, -0.25) is 0 Å². The van der Waals surface area contributed by atoms with E-state index in [2.05, 4.69) is 230 Å². The molecule has 0 spiro atoms. The molecule has 0 aliphatic carbocycles. The summed E-state index contributed by atoms with van der Waals surface area (Å²) in [5.74, 6) is 0. The molecule has 0 aliphatic heterocycles. The van der Waals surface area contributed by atoms with Gasteiger partial charge in [0.1, 0.15) is 11.2 Å². The van der Waals surface area contributed by atoms with Gasteiger partial charge >= 0.3 is 0 Å². The largest absolute Gasteiger partial charge is 0.454 e. The molecule has 0 amide bonds. The van der Waals surface area contributed by atoms with Crippen LogP contribution < -0.4 is 9.80 Å². The lowest BCUT2D eigenvalue weighted by atomic mass is 9.91. The molecule has 14 aromatic rings. The van der Waals surface area contributed by atoms with Crippen molar-refractivity contribution in [3.05, 3.63) is 217 Å². The third-order valence-electron chi connectivity index (χ3n) is 14.5. The van der Waals surface area contributed by atoms with Gasteiger partial charge in [0.15, 0.2) is 11.2 Å². The fraction of sp³-hybridized carbons (Fsp3) is 0.0625. The average Bonchev–Trinajstić information content (AvgIpc) is 4.00. The number of para-hydroxylation sites is 4. The number of furan rings is 2. The van der Waals surface area contributed by atoms with Crippen LogP contribution in [0, 0.1) is 0 Å². The minimum atomic E-state index is 0.877. The molecule has 0 radical (unpaired) electrons. The van der Waals surface area contributed by atoms with Crippen LogP contribution in [0.15, 0.2) is 215 Å². The number of nitrogens with zero attached hydrogens (tertiary/aromatic N) is 2. The third kappa shape index (κ3) is 5.55. The average molecular weight is 873 g/mol. The lowest BCUT2D eigenvalue weighted by Gasteiger charge is -2.29. The fourth-order valence-corrected chi connectivity index (χ4v) is 11.4. The smallest absolute Gasteiger partial charge is 0.159 e. The van der Waals surface area contributed by atoms with Gasteiger partial charge in [0.2, 0.25) is 0 Å². The molecule has 2 aromatic heterocycles. The summed E-state index contributed by atoms with van der Waals surface area (Å²) in [7, 11) is 0. The van der Waals surface area contributed by atoms with Gasteiger partial charge in [-0.15, -0.1) is 0 Å². The van der Waals surface area contributed by atoms with Crippen LogP contribution in [0.4, 0.5) is 34.1 Å². The monoisotopic (exact) mass is 872 g/mol. The number of hydrogen-bond acceptors (Lipinski definition) is 4. The zero-order chi connectivity index (χ0) is 45.0. The molecule has 0 saturated carbocycles. The molecule has 4 heteroatoms. The van der Waals surface area contributed by atoms with Crippen LogP contribution in [0.1, 0.15) is 25.0 Å². The van der Waals surface area contributed by atoms with Crippen LogP contribution in [0.2, 0.25) is 0 Å². The van der Waals surface area contributed by atoms with Gasteiger partial charge < -0.3 is 18.6 Å². The van der Waals surface area contributed by atoms with E-state index in [0.29, 0.717) is 0 Å². The summed E-state index contributed by atoms with van der Waals surface area (Å²) < 4.78 is 14.2. The van der Waals surface area contributed by atoms with Gasteiger partial charge in [0.05, 0.1) is 22.7 Å². The molecule has 322 valence electrons. The Morgan fingerprint density at radius 2 is 0.691 bits per heavy atom. The van der Waals surface area contributed by atoms with E-state index in [1.165, 1.54) is 75.8 Å². The van der Waals surface area contributed by atoms with Crippen LogP contribution in [-0.2, 0) is 12.8 Å². The second-order valence-electron chi connectivity index (χ2n) is 18.1. The van der Waals surface area contributed by atoms with Crippen molar-refractivity contribution in [3.8, 4) is 0 Å². The predicted octanol–water partition coefficient (Wildman–Crippen LogP) is 18.8. The van der Waals surface area contributed by atoms with Gasteiger partial charge in [-0.1, -0.05) is 159 Å². The van der Waals surface area contributed by atoms with E-state index in [9.17, 15) is 0 Å². The highest BCUT2D eigenvalue weighted by Crippen LogP contribution is 2.51. The Morgan fingerprint density at radius 3 is 1.13 bits per heavy atom. The van der Waals surface area contributed by atoms with Gasteiger partial charge in [-0.2, -0.15) is 0 Å². The summed E-state index contributed by atoms with van der Waals surface area (Å²) in [6.45, 7) is 4.43. The molecule has 0 unspecified atom stereocenters. The standard InChI is InChI=1S/C64H44N2O2/c1-3-39-37-43-17-11-13-23-47(43)59-51-25-15-27-55(63(51)67-61(39)59)65(45-19-7-5-8-20-45)53-35-31-41-30-34-50-54(36-32-42-29-33-49(53)57(41)58(42)50)66(46-21-9-6-10-22-46)56-28-16-26-52-60-48-24-14-12-18-44(48)38-40(4-2)62(60)68-64(52)56/h5-38H,3-4H2,1-2H3. The first-order chi connectivity index (χ1) is 33.7. The number of aryl methyl sites for hydroxylation is 2. The molecule has 0 saturated heterocycles. The summed E-state index contributed by atoms with van der Waals surface area (Å²) in [6.07, 6.45) is 1.75. The Kier molecular flexibility index (Phi) is 8.50. The number of anilines is 6. The summed E-state index contributed by atoms with van der Waals surface area (Å²) in [6, 6.07) is 75.1. The van der Waals surface area contributed by atoms with Crippen molar-refractivity contribution in [1.29, 1.82) is 0 Å². The van der Waals surface area contributed by atoms with Gasteiger partial charge in [0, 0.05) is 43.7 Å². The lowest BCUT2D eigenvalue weighted by molar-refractivity contribution is 0.663. The number of hydrogen-bond donors (Lipinski definition) is 0. The molecule has 4 nitrogen and oxygen atoms in total. The maximum atomic E-state index is 7.12. The molecule has 2 heterocycles. The molecule has 0 fully saturated rings. The number of rotatable bonds is 8. The highest BCUT2D eigenvalue weighted by atomic mass is 16.3. The molecular formula is C64H44N2O2. The van der Waals surface area contributed by atoms with Crippen molar-refractivity contribution in [2.75, 3.05) is 9.80 Å². The van der Waals surface area contributed by atoms with Gasteiger partial charge in [-0.05, 0) is 128 Å². The molecule has 0 atom stereocenters. The summed E-state index contributed by atoms with van der Waals surface area (Å²) >= 11 is 0. The lowest BCUT2D eigenvalue weighted by Crippen LogP contribution is -2.11. The molecule has 0 N–H and O–H groups in total. The van der Waals surface area contributed by atoms with Crippen LogP contribution in [0.25, 0.3) is 97.7 Å². The quantitative estimate of drug-likeness (QED) is 0.142. The summed E-state index contributed by atoms with van der Waals surface area (Å²) in [5.41, 5.74) is 12.4. The Labute approximate surface area is 392 Å². The van der Waals surface area contributed by atoms with Crippen molar-refractivity contribution in [3.63, 3.8) is 0 Å². The Morgan fingerprint density at radius 1 is 0.294 bits per heavy atom. The van der Waals surface area contributed by atoms with Crippen LogP contribution in [0.3, 0.4) is 0 Å². The topological polar surface area (TPSA) is 32.8 Å². The van der Waals surface area contributed by atoms with E-state index in [1.54, 1.807) is 0 Å². The fourth-order valence-electron chi connectivity index (χ4n) is 11.4. The number of fused-ring (bicyclic) bond motifs is 10. The first-order valence-corrected chi connectivity index (χ1v) is 23.8. The van der Waals surface area contributed by atoms with E-state index in [1.807, 2.05) is 0 Å². The summed E-state index contributed by atoms with van der Waals surface area (Å²) in [5, 5.41) is 16.6. The second kappa shape index (κ2) is 15.0. The Hall–Kier alpha value is -8.60. The summed E-state index contributed by atoms with van der Waals surface area (Å²) in [4.78, 5) is 4.80. The van der Waals surface area contributed by atoms with Crippen molar-refractivity contribution < 1.29 is 8.83 Å². The van der Waals surface area contributed by atoms with Gasteiger partial charge in [-0.25, -0.2) is 0 Å². The van der Waals surface area contributed by atoms with Crippen molar-refractivity contribution in [1.82, 2.24) is 0 Å². The van der Waals surface area contributed by atoms with Crippen molar-refractivity contribution in [2.24, 2.45) is 0 Å². The molecule has 68 heavy (non-hydrogen) atoms. The minimum Gasteiger partial charge on any atom is -0.454 e. The Balaban J connectivity index is 1.03. The molecule has 0 aliphatic rings. The van der Waals surface area contributed by atoms with E-state index >= 15 is 0 Å². The molecule has 12 aromatic carbocycles. The highest BCUT2D eigenvalue weighted by molar-refractivity contribution is 6.29. The van der Waals surface area contributed by atoms with E-state index in [4.69, 9.17) is 8.83 Å². The van der Waals surface area contributed by atoms with Crippen LogP contribution in [0.5, 0.6) is 0 Å². The van der Waals surface area contributed by atoms with Crippen LogP contribution >= 0.6 is 0 Å². The zero-order valence-corrected chi connectivity index (χ0v) is 37.8. The molecular weight excluding hydrogens is 829 g/mol. The van der Waals surface area contributed by atoms with Crippen LogP contribution in [-0.4, -0.2) is 0 Å². The first kappa shape index (κ1) is 38.6. The first-order valence-electron chi connectivity index (χ1n) is 23.8. The predicted molar refractivity (Wildman–Crippen MR) is 288 cm³/mol. The van der Waals surface area contributed by atoms with Gasteiger partial charge in [0.25, 0.3) is 0 Å². The van der Waals surface area contributed by atoms with E-state index < -0.39 is 0 Å². The SMILES string of the molecule is CCc1cc2ccccc2c2c1oc1c(N(c3ccccc3)c3ccc4ccc5c(N(c6ccccc6)c6cccc7c6oc6c(CC)cc8ccccc8c67)ccc6ccc3c4c65)cccc12. The molecule has 14 rings (SSSR count). The Bertz CT molecular complexity index is 4020. The van der Waals surface area contributed by atoms with E-state index in [0.717, 1.165) is 80.1 Å². The maximum Gasteiger partial charge on any atom is 0.159 e. The van der Waals surface area contributed by atoms with E-state index in [-0.39, 0.29) is 0 Å². The normalized spacial score (nSPS) is 12.1. The maximum absolute atomic E-state index is 7.12. The third-order valence-corrected chi connectivity index (χ3v) is 14.5. The van der Waals surface area contributed by atoms with Crippen molar-refractivity contribution in [2.45, 2.75) is 26.7 Å². The molecule has 0 bridgehead atoms.